The molecule has 6 heteroatoms. The number of hydrogen-bond donors (Lipinski definition) is 0. The number of alkyl halides is 3. The zero-order valence-corrected chi connectivity index (χ0v) is 9.71. The summed E-state index contributed by atoms with van der Waals surface area (Å²) >= 11 is 0. The van der Waals surface area contributed by atoms with E-state index in [2.05, 4.69) is 0 Å². The van der Waals surface area contributed by atoms with E-state index < -0.39 is 12.1 Å². The second kappa shape index (κ2) is 4.04. The Labute approximate surface area is 101 Å². The number of carbonyl (C=O) groups excluding carboxylic acids is 1. The molecular formula is C12H10F3NO2. The predicted octanol–water partition coefficient (Wildman–Crippen LogP) is 3.16. The maximum Gasteiger partial charge on any atom is 0.472 e. The predicted molar refractivity (Wildman–Crippen MR) is 59.9 cm³/mol. The Morgan fingerprint density at radius 1 is 1.33 bits per heavy atom. The molecule has 2 aromatic rings. The number of carbonyl (C=O) groups is 1. The molecule has 1 heterocycles. The van der Waals surface area contributed by atoms with E-state index in [9.17, 15) is 18.0 Å². The van der Waals surface area contributed by atoms with Gasteiger partial charge >= 0.3 is 12.1 Å². The molecule has 0 aliphatic carbocycles. The Kier molecular flexibility index (Phi) is 2.80. The van der Waals surface area contributed by atoms with Crippen LogP contribution in [0.15, 0.2) is 24.4 Å². The first-order valence-electron chi connectivity index (χ1n) is 5.12. The minimum Gasteiger partial charge on any atom is -0.497 e. The number of halogens is 3. The van der Waals surface area contributed by atoms with Crippen LogP contribution in [0, 0.1) is 6.92 Å². The van der Waals surface area contributed by atoms with E-state index in [1.165, 1.54) is 13.2 Å². The first-order chi connectivity index (χ1) is 8.34. The van der Waals surface area contributed by atoms with E-state index in [-0.39, 0.29) is 5.52 Å². The minimum atomic E-state index is -4.89. The number of methoxy groups -OCH3 is 1. The molecule has 0 aliphatic rings. The van der Waals surface area contributed by atoms with Gasteiger partial charge in [-0.05, 0) is 30.7 Å². The molecule has 0 N–H and O–H groups in total. The highest BCUT2D eigenvalue weighted by Crippen LogP contribution is 2.28. The fourth-order valence-corrected chi connectivity index (χ4v) is 1.88. The topological polar surface area (TPSA) is 31.2 Å². The monoisotopic (exact) mass is 257 g/mol. The average Bonchev–Trinajstić information content (AvgIpc) is 2.70. The Bertz CT molecular complexity index is 614. The summed E-state index contributed by atoms with van der Waals surface area (Å²) in [6, 6.07) is 4.62. The van der Waals surface area contributed by atoms with Gasteiger partial charge in [0.05, 0.1) is 12.6 Å². The standard InChI is InChI=1S/C12H10F3NO2/c1-7-5-9(18-2)6-8-3-4-16(10(7)8)11(17)12(13,14)15/h3-6H,1-2H3. The van der Waals surface area contributed by atoms with Gasteiger partial charge < -0.3 is 4.74 Å². The first kappa shape index (κ1) is 12.5. The van der Waals surface area contributed by atoms with Gasteiger partial charge in [-0.2, -0.15) is 13.2 Å². The largest absolute Gasteiger partial charge is 0.497 e. The Balaban J connectivity index is 2.65. The van der Waals surface area contributed by atoms with Gasteiger partial charge in [0.1, 0.15) is 5.75 Å². The van der Waals surface area contributed by atoms with Crippen molar-refractivity contribution in [3.8, 4) is 5.75 Å². The van der Waals surface area contributed by atoms with Gasteiger partial charge in [-0.25, -0.2) is 0 Å². The lowest BCUT2D eigenvalue weighted by molar-refractivity contribution is -0.0942. The molecule has 0 saturated heterocycles. The van der Waals surface area contributed by atoms with Gasteiger partial charge in [0.25, 0.3) is 0 Å². The maximum absolute atomic E-state index is 12.4. The molecule has 0 saturated carbocycles. The molecule has 0 atom stereocenters. The zero-order chi connectivity index (χ0) is 13.5. The first-order valence-corrected chi connectivity index (χ1v) is 5.12. The smallest absolute Gasteiger partial charge is 0.472 e. The van der Waals surface area contributed by atoms with Crippen molar-refractivity contribution in [3.05, 3.63) is 30.0 Å². The maximum atomic E-state index is 12.4. The summed E-state index contributed by atoms with van der Waals surface area (Å²) in [5.74, 6) is -1.36. The van der Waals surface area contributed by atoms with Crippen LogP contribution in [0.2, 0.25) is 0 Å². The van der Waals surface area contributed by atoms with Crippen LogP contribution in [-0.2, 0) is 0 Å². The van der Waals surface area contributed by atoms with Gasteiger partial charge in [0.15, 0.2) is 0 Å². The van der Waals surface area contributed by atoms with Crippen LogP contribution in [0.4, 0.5) is 13.2 Å². The van der Waals surface area contributed by atoms with Crippen molar-refractivity contribution in [2.75, 3.05) is 7.11 Å². The van der Waals surface area contributed by atoms with E-state index in [1.807, 2.05) is 0 Å². The van der Waals surface area contributed by atoms with E-state index in [0.29, 0.717) is 21.3 Å². The van der Waals surface area contributed by atoms with E-state index in [0.717, 1.165) is 6.20 Å². The van der Waals surface area contributed by atoms with Crippen LogP contribution >= 0.6 is 0 Å². The minimum absolute atomic E-state index is 0.248. The molecule has 1 aromatic carbocycles. The highest BCUT2D eigenvalue weighted by atomic mass is 19.4. The summed E-state index contributed by atoms with van der Waals surface area (Å²) < 4.78 is 42.9. The van der Waals surface area contributed by atoms with Crippen molar-refractivity contribution < 1.29 is 22.7 Å². The zero-order valence-electron chi connectivity index (χ0n) is 9.71. The fraction of sp³-hybridized carbons (Fsp3) is 0.250. The van der Waals surface area contributed by atoms with Crippen molar-refractivity contribution in [1.82, 2.24) is 4.57 Å². The molecule has 0 unspecified atom stereocenters. The van der Waals surface area contributed by atoms with Crippen molar-refractivity contribution in [1.29, 1.82) is 0 Å². The number of benzene rings is 1. The molecule has 0 radical (unpaired) electrons. The number of aromatic nitrogens is 1. The third-order valence-corrected chi connectivity index (χ3v) is 2.64. The molecule has 0 spiro atoms. The lowest BCUT2D eigenvalue weighted by atomic mass is 10.1. The molecule has 0 bridgehead atoms. The normalized spacial score (nSPS) is 11.8. The van der Waals surface area contributed by atoms with Crippen LogP contribution in [0.3, 0.4) is 0 Å². The van der Waals surface area contributed by atoms with E-state index >= 15 is 0 Å². The Hall–Kier alpha value is -1.98. The third-order valence-electron chi connectivity index (χ3n) is 2.64. The van der Waals surface area contributed by atoms with Gasteiger partial charge in [0.2, 0.25) is 0 Å². The van der Waals surface area contributed by atoms with E-state index in [4.69, 9.17) is 4.74 Å². The molecule has 2 rings (SSSR count). The highest BCUT2D eigenvalue weighted by molar-refractivity contribution is 5.97. The summed E-state index contributed by atoms with van der Waals surface area (Å²) in [4.78, 5) is 11.3. The van der Waals surface area contributed by atoms with Gasteiger partial charge in [-0.1, -0.05) is 0 Å². The quantitative estimate of drug-likeness (QED) is 0.785. The average molecular weight is 257 g/mol. The Morgan fingerprint density at radius 2 is 2.00 bits per heavy atom. The molecular weight excluding hydrogens is 247 g/mol. The fourth-order valence-electron chi connectivity index (χ4n) is 1.88. The second-order valence-corrected chi connectivity index (χ2v) is 3.87. The molecule has 0 aliphatic heterocycles. The van der Waals surface area contributed by atoms with Crippen LogP contribution in [0.25, 0.3) is 10.9 Å². The van der Waals surface area contributed by atoms with Gasteiger partial charge in [0, 0.05) is 11.6 Å². The highest BCUT2D eigenvalue weighted by Gasteiger charge is 2.40. The summed E-state index contributed by atoms with van der Waals surface area (Å²) in [7, 11) is 1.47. The second-order valence-electron chi connectivity index (χ2n) is 3.87. The van der Waals surface area contributed by atoms with Gasteiger partial charge in [-0.3, -0.25) is 9.36 Å². The Morgan fingerprint density at radius 3 is 2.56 bits per heavy atom. The summed E-state index contributed by atoms with van der Waals surface area (Å²) in [6.07, 6.45) is -3.77. The van der Waals surface area contributed by atoms with E-state index in [1.54, 1.807) is 19.1 Å². The molecule has 3 nitrogen and oxygen atoms in total. The summed E-state index contributed by atoms with van der Waals surface area (Å²) in [5, 5.41) is 0.532. The van der Waals surface area contributed by atoms with Crippen LogP contribution in [0.1, 0.15) is 10.4 Å². The lowest BCUT2D eigenvalue weighted by Crippen LogP contribution is -2.28. The number of fused-ring (bicyclic) bond motifs is 1. The van der Waals surface area contributed by atoms with Crippen molar-refractivity contribution in [3.63, 3.8) is 0 Å². The van der Waals surface area contributed by atoms with Crippen molar-refractivity contribution in [2.45, 2.75) is 13.1 Å². The van der Waals surface area contributed by atoms with Gasteiger partial charge in [-0.15, -0.1) is 0 Å². The number of rotatable bonds is 1. The molecule has 18 heavy (non-hydrogen) atoms. The molecule has 1 aromatic heterocycles. The van der Waals surface area contributed by atoms with Crippen LogP contribution < -0.4 is 4.74 Å². The third kappa shape index (κ3) is 1.94. The SMILES string of the molecule is COc1cc(C)c2c(ccn2C(=O)C(F)(F)F)c1. The van der Waals surface area contributed by atoms with Crippen LogP contribution in [-0.4, -0.2) is 23.8 Å². The molecule has 96 valence electrons. The number of ether oxygens (including phenoxy) is 1. The number of aryl methyl sites for hydroxylation is 1. The molecule has 0 fully saturated rings. The number of hydrogen-bond acceptors (Lipinski definition) is 2. The van der Waals surface area contributed by atoms with Crippen molar-refractivity contribution >= 4 is 16.8 Å². The molecule has 0 amide bonds. The lowest BCUT2D eigenvalue weighted by Gasteiger charge is -2.09. The van der Waals surface area contributed by atoms with Crippen LogP contribution in [0.5, 0.6) is 5.75 Å². The summed E-state index contributed by atoms with van der Waals surface area (Å²) in [6.45, 7) is 1.63. The number of nitrogens with zero attached hydrogens (tertiary/aromatic N) is 1. The summed E-state index contributed by atoms with van der Waals surface area (Å²) in [5.41, 5.74) is 0.796. The van der Waals surface area contributed by atoms with Crippen molar-refractivity contribution in [2.24, 2.45) is 0 Å².